The highest BCUT2D eigenvalue weighted by molar-refractivity contribution is 8.00. The van der Waals surface area contributed by atoms with Gasteiger partial charge in [0.25, 0.3) is 0 Å². The summed E-state index contributed by atoms with van der Waals surface area (Å²) in [6, 6.07) is 53.7. The standard InChI is InChI=1S/C30H39N5O3.C26H31N5O3.C22H20OS/c1-4-5-12-33-13-8-21(9-14-33)10-15-34-16-11-22-17-23(6-7-26(22)34)35-29(31-32-30(35)38)25-18-24(20(2)3)27(36)19-28(25)37;1-16(2)20-14-21(24(33)15-23(20)32)25-28-29-26(34)31(25)19-3-4-22-18(13-19)8-12-30(22)11-7-17-5-9-27-10-6-17;23-17-10-18-24-22(19-11-4-1-5-12-19,20-13-6-2-7-14-20)21-15-8-3-9-16-21/h6-7,11,16-21,36-37H,4-5,8-10,12-15H2,1-3H3,(H,32,38);3-4,8,12-17,27,32-33H,5-7,9-11H2,1-2H3,(H,29,34);1-9,11-17H,10,18H2. The first kappa shape index (κ1) is 68.0. The number of aromatic amines is 2. The van der Waals surface area contributed by atoms with Crippen molar-refractivity contribution in [1.82, 2.24) is 48.9 Å². The lowest BCUT2D eigenvalue weighted by Crippen LogP contribution is -2.34. The van der Waals surface area contributed by atoms with Crippen LogP contribution in [0.25, 0.3) is 56.0 Å². The van der Waals surface area contributed by atoms with Crippen molar-refractivity contribution in [2.75, 3.05) is 38.5 Å². The van der Waals surface area contributed by atoms with Gasteiger partial charge in [0, 0.05) is 71.6 Å². The van der Waals surface area contributed by atoms with Gasteiger partial charge in [0.2, 0.25) is 0 Å². The monoisotopic (exact) mass is 1310 g/mol. The predicted molar refractivity (Wildman–Crippen MR) is 386 cm³/mol. The van der Waals surface area contributed by atoms with Crippen LogP contribution in [0.3, 0.4) is 0 Å². The van der Waals surface area contributed by atoms with E-state index >= 15 is 0 Å². The summed E-state index contributed by atoms with van der Waals surface area (Å²) >= 11 is 1.82. The number of piperidine rings is 2. The maximum absolute atomic E-state index is 12.8. The fourth-order valence-electron chi connectivity index (χ4n) is 13.7. The molecule has 4 aromatic heterocycles. The molecule has 2 aliphatic rings. The van der Waals surface area contributed by atoms with Gasteiger partial charge in [-0.3, -0.25) is 0 Å². The molecule has 2 fully saturated rings. The van der Waals surface area contributed by atoms with Crippen molar-refractivity contribution in [3.63, 3.8) is 0 Å². The number of carbonyl (C=O) groups excluding carboxylic acids is 1. The van der Waals surface area contributed by atoms with E-state index in [1.54, 1.807) is 12.1 Å². The Labute approximate surface area is 565 Å². The molecule has 18 heteroatoms. The number of phenolic OH excluding ortho intramolecular Hbond substituents is 4. The van der Waals surface area contributed by atoms with Crippen LogP contribution >= 0.6 is 11.8 Å². The Hall–Kier alpha value is -9.36. The van der Waals surface area contributed by atoms with Crippen LogP contribution in [0.15, 0.2) is 186 Å². The first-order valence-electron chi connectivity index (χ1n) is 34.0. The number of likely N-dealkylation sites (tertiary alicyclic amines) is 1. The number of unbranched alkanes of at least 4 members (excludes halogenated alkanes) is 1. The molecule has 13 rings (SSSR count). The van der Waals surface area contributed by atoms with Gasteiger partial charge >= 0.3 is 11.4 Å². The Morgan fingerprint density at radius 2 is 0.990 bits per heavy atom. The van der Waals surface area contributed by atoms with Gasteiger partial charge in [0.05, 0.1) is 27.2 Å². The predicted octanol–water partition coefficient (Wildman–Crippen LogP) is 15.0. The highest BCUT2D eigenvalue weighted by atomic mass is 32.2. The quantitative estimate of drug-likeness (QED) is 0.0191. The van der Waals surface area contributed by atoms with Crippen molar-refractivity contribution in [3.05, 3.63) is 225 Å². The van der Waals surface area contributed by atoms with Gasteiger partial charge in [-0.25, -0.2) is 28.9 Å². The third-order valence-corrected chi connectivity index (χ3v) is 20.6. The van der Waals surface area contributed by atoms with Gasteiger partial charge in [-0.2, -0.15) is 10.2 Å². The topological polar surface area (TPSA) is 224 Å². The van der Waals surface area contributed by atoms with Crippen LogP contribution in [0, 0.1) is 11.8 Å². The highest BCUT2D eigenvalue weighted by Gasteiger charge is 2.37. The van der Waals surface area contributed by atoms with Crippen molar-refractivity contribution >= 4 is 39.9 Å². The first-order chi connectivity index (χ1) is 46.6. The van der Waals surface area contributed by atoms with Crippen LogP contribution in [-0.2, 0) is 22.6 Å². The number of hydrogen-bond acceptors (Lipinski definition) is 12. The van der Waals surface area contributed by atoms with E-state index in [1.165, 1.54) is 103 Å². The molecule has 17 nitrogen and oxygen atoms in total. The SMILES string of the molecule is CC(C)c1cc(-c2n[nH]c(=O)n2-c2ccc3c(ccn3CCC3CCNCC3)c2)c(O)cc1O.CCCCN1CCC(CCn2ccc3cc(-n4c(-c5cc(C(C)C)c(O)cc5O)n[nH]c4=O)ccc32)CC1.O=CCCSC(c1ccccc1)(c1ccccc1)c1ccccc1. The molecule has 0 saturated carbocycles. The molecule has 2 aliphatic heterocycles. The number of benzene rings is 7. The van der Waals surface area contributed by atoms with E-state index in [1.807, 2.05) is 88.0 Å². The molecule has 0 amide bonds. The van der Waals surface area contributed by atoms with Crippen LogP contribution in [0.1, 0.15) is 132 Å². The molecule has 7 N–H and O–H groups in total. The van der Waals surface area contributed by atoms with Gasteiger partial charge < -0.3 is 44.6 Å². The van der Waals surface area contributed by atoms with Crippen LogP contribution in [0.4, 0.5) is 0 Å². The van der Waals surface area contributed by atoms with Gasteiger partial charge in [-0.1, -0.05) is 132 Å². The van der Waals surface area contributed by atoms with Crippen molar-refractivity contribution < 1.29 is 25.2 Å². The fraction of sp³-hybridized carbons (Fsp3) is 0.346. The zero-order valence-electron chi connectivity index (χ0n) is 55.7. The minimum Gasteiger partial charge on any atom is -0.508 e. The molecule has 6 heterocycles. The molecular weight excluding hydrogens is 1220 g/mol. The number of thioether (sulfide) groups is 1. The molecule has 0 spiro atoms. The number of phenols is 4. The number of hydrogen-bond donors (Lipinski definition) is 7. The smallest absolute Gasteiger partial charge is 0.348 e. The second-order valence-corrected chi connectivity index (χ2v) is 27.3. The van der Waals surface area contributed by atoms with E-state index in [2.05, 4.69) is 150 Å². The van der Waals surface area contributed by atoms with Crippen LogP contribution in [0.2, 0.25) is 0 Å². The Balaban J connectivity index is 0.000000150. The van der Waals surface area contributed by atoms with E-state index < -0.39 is 5.69 Å². The molecule has 0 atom stereocenters. The Morgan fingerprint density at radius 1 is 0.552 bits per heavy atom. The van der Waals surface area contributed by atoms with Crippen molar-refractivity contribution in [1.29, 1.82) is 0 Å². The molecule has 11 aromatic rings. The molecule has 96 heavy (non-hydrogen) atoms. The summed E-state index contributed by atoms with van der Waals surface area (Å²) in [5, 5.41) is 60.5. The molecule has 0 unspecified atom stereocenters. The largest absolute Gasteiger partial charge is 0.508 e. The maximum atomic E-state index is 12.8. The fourth-order valence-corrected chi connectivity index (χ4v) is 15.1. The van der Waals surface area contributed by atoms with E-state index in [-0.39, 0.29) is 45.3 Å². The Kier molecular flexibility index (Phi) is 22.3. The van der Waals surface area contributed by atoms with Crippen LogP contribution < -0.4 is 16.7 Å². The molecule has 0 radical (unpaired) electrons. The molecule has 500 valence electrons. The van der Waals surface area contributed by atoms with Crippen molar-refractivity contribution in [2.24, 2.45) is 11.8 Å². The van der Waals surface area contributed by atoms with Crippen LogP contribution in [0.5, 0.6) is 23.0 Å². The van der Waals surface area contributed by atoms with E-state index in [4.69, 9.17) is 0 Å². The number of fused-ring (bicyclic) bond motifs is 2. The maximum Gasteiger partial charge on any atom is 0.348 e. The lowest BCUT2D eigenvalue weighted by atomic mass is 9.84. The summed E-state index contributed by atoms with van der Waals surface area (Å²) < 4.78 is 7.21. The molecule has 2 saturated heterocycles. The Bertz CT molecular complexity index is 4380. The summed E-state index contributed by atoms with van der Waals surface area (Å²) in [4.78, 5) is 39.0. The van der Waals surface area contributed by atoms with Gasteiger partial charge in [0.1, 0.15) is 29.3 Å². The number of carbonyl (C=O) groups is 1. The zero-order valence-corrected chi connectivity index (χ0v) is 56.5. The summed E-state index contributed by atoms with van der Waals surface area (Å²) in [6.45, 7) is 17.9. The summed E-state index contributed by atoms with van der Waals surface area (Å²) in [5.41, 5.74) is 8.67. The average Bonchev–Trinajstić information content (AvgIpc) is 0.846. The second kappa shape index (κ2) is 31.5. The number of aryl methyl sites for hydroxylation is 2. The van der Waals surface area contributed by atoms with E-state index in [9.17, 15) is 34.8 Å². The number of H-pyrrole nitrogens is 2. The molecule has 0 aliphatic carbocycles. The average molecular weight is 1310 g/mol. The number of nitrogens with one attached hydrogen (secondary N) is 3. The number of rotatable bonds is 22. The van der Waals surface area contributed by atoms with Crippen molar-refractivity contribution in [2.45, 2.75) is 122 Å². The Morgan fingerprint density at radius 3 is 1.41 bits per heavy atom. The highest BCUT2D eigenvalue weighted by Crippen LogP contribution is 2.49. The minimum atomic E-state index is -0.390. The second-order valence-electron chi connectivity index (χ2n) is 26.0. The van der Waals surface area contributed by atoms with Crippen molar-refractivity contribution in [3.8, 4) is 57.1 Å². The van der Waals surface area contributed by atoms with E-state index in [0.717, 1.165) is 78.3 Å². The lowest BCUT2D eigenvalue weighted by Gasteiger charge is -2.35. The van der Waals surface area contributed by atoms with Gasteiger partial charge in [-0.15, -0.1) is 11.8 Å². The van der Waals surface area contributed by atoms with Gasteiger partial charge in [0.15, 0.2) is 11.6 Å². The zero-order chi connectivity index (χ0) is 67.3. The molecular formula is C78H90N10O7S. The molecule has 0 bridgehead atoms. The van der Waals surface area contributed by atoms with Gasteiger partial charge in [-0.05, 0) is 190 Å². The number of aromatic nitrogens is 8. The third kappa shape index (κ3) is 15.3. The number of nitrogens with zero attached hydrogens (tertiary/aromatic N) is 7. The summed E-state index contributed by atoms with van der Waals surface area (Å²) in [5.74, 6) is 2.78. The number of aldehydes is 1. The normalized spacial score (nSPS) is 14.1. The summed E-state index contributed by atoms with van der Waals surface area (Å²) in [7, 11) is 0. The molecule has 7 aromatic carbocycles. The number of aromatic hydroxyl groups is 4. The summed E-state index contributed by atoms with van der Waals surface area (Å²) in [6.07, 6.45) is 15.7. The van der Waals surface area contributed by atoms with E-state index in [0.29, 0.717) is 51.7 Å². The third-order valence-electron chi connectivity index (χ3n) is 19.0. The minimum absolute atomic E-state index is 0.0212. The first-order valence-corrected chi connectivity index (χ1v) is 35.0. The van der Waals surface area contributed by atoms with Crippen LogP contribution in [-0.4, -0.2) is 109 Å². The lowest BCUT2D eigenvalue weighted by molar-refractivity contribution is -0.107.